The maximum absolute atomic E-state index is 7.00. The molecule has 1 nitrogen and oxygen atoms in total. The zero-order chi connectivity index (χ0) is 26.1. The van der Waals surface area contributed by atoms with Crippen molar-refractivity contribution in [2.24, 2.45) is 0 Å². The monoisotopic (exact) mass is 468 g/mol. The van der Waals surface area contributed by atoms with E-state index in [1.165, 1.54) is 16.7 Å². The molecule has 0 atom stereocenters. The number of rotatable bonds is 3. The molecule has 3 aromatic rings. The predicted octanol–water partition coefficient (Wildman–Crippen LogP) is 10.7. The molecule has 0 aliphatic heterocycles. The highest BCUT2D eigenvalue weighted by Gasteiger charge is 1.94. The fraction of sp³-hybridized carbons (Fsp3) is 0.455. The summed E-state index contributed by atoms with van der Waals surface area (Å²) < 4.78 is 0. The number of aliphatic hydroxyl groups excluding tert-OH is 1. The van der Waals surface area contributed by atoms with Gasteiger partial charge in [-0.2, -0.15) is 0 Å². The first-order valence-corrected chi connectivity index (χ1v) is 12.5. The number of aliphatic hydroxyl groups is 1. The van der Waals surface area contributed by atoms with Gasteiger partial charge in [0.2, 0.25) is 0 Å². The second-order valence-electron chi connectivity index (χ2n) is 7.70. The molecule has 0 bridgehead atoms. The Kier molecular flexibility index (Phi) is 32.7. The fourth-order valence-corrected chi connectivity index (χ4v) is 2.51. The van der Waals surface area contributed by atoms with Crippen LogP contribution in [-0.4, -0.2) is 12.2 Å². The van der Waals surface area contributed by atoms with Gasteiger partial charge in [-0.1, -0.05) is 168 Å². The van der Waals surface area contributed by atoms with Crippen LogP contribution < -0.4 is 0 Å². The predicted molar refractivity (Wildman–Crippen MR) is 159 cm³/mol. The van der Waals surface area contributed by atoms with Crippen molar-refractivity contribution in [2.45, 2.75) is 94.4 Å². The standard InChI is InChI=1S/3C9H12.2C2H6.CH4O.CH4/c3*1-8(2)9-6-4-3-5-7-9;3*1-2;/h3*3-8H,1-2H3;2*1-2H3;2H,1H3;1H4. The first-order valence-electron chi connectivity index (χ1n) is 12.5. The average molecular weight is 469 g/mol. The van der Waals surface area contributed by atoms with Crippen LogP contribution in [0.2, 0.25) is 0 Å². The highest BCUT2D eigenvalue weighted by Crippen LogP contribution is 2.13. The van der Waals surface area contributed by atoms with Gasteiger partial charge in [-0.05, 0) is 34.4 Å². The van der Waals surface area contributed by atoms with Crippen LogP contribution in [0.1, 0.15) is 111 Å². The van der Waals surface area contributed by atoms with E-state index in [0.29, 0.717) is 17.8 Å². The van der Waals surface area contributed by atoms with Crippen molar-refractivity contribution in [1.82, 2.24) is 0 Å². The van der Waals surface area contributed by atoms with Crippen LogP contribution in [0.4, 0.5) is 0 Å². The lowest BCUT2D eigenvalue weighted by atomic mass is 10.0. The molecule has 0 aliphatic carbocycles. The van der Waals surface area contributed by atoms with Crippen LogP contribution in [0.15, 0.2) is 91.0 Å². The summed E-state index contributed by atoms with van der Waals surface area (Å²) in [5.41, 5.74) is 4.24. The lowest BCUT2D eigenvalue weighted by Gasteiger charge is -2.01. The minimum atomic E-state index is 0. The average Bonchev–Trinajstić information content (AvgIpc) is 2.90. The summed E-state index contributed by atoms with van der Waals surface area (Å²) in [6.07, 6.45) is 0. The van der Waals surface area contributed by atoms with Crippen LogP contribution in [0, 0.1) is 0 Å². The molecule has 3 aromatic carbocycles. The number of hydrogen-bond acceptors (Lipinski definition) is 1. The summed E-state index contributed by atoms with van der Waals surface area (Å²) in [4.78, 5) is 0. The molecule has 0 saturated heterocycles. The van der Waals surface area contributed by atoms with E-state index in [1.54, 1.807) is 0 Å². The van der Waals surface area contributed by atoms with Crippen molar-refractivity contribution >= 4 is 0 Å². The molecule has 1 N–H and O–H groups in total. The number of benzene rings is 3. The Bertz CT molecular complexity index is 598. The molecule has 0 amide bonds. The zero-order valence-electron chi connectivity index (χ0n) is 23.3. The Morgan fingerprint density at radius 3 is 0.618 bits per heavy atom. The van der Waals surface area contributed by atoms with E-state index in [2.05, 4.69) is 114 Å². The van der Waals surface area contributed by atoms with E-state index in [1.807, 2.05) is 45.9 Å². The summed E-state index contributed by atoms with van der Waals surface area (Å²) in [5.74, 6) is 1.98. The molecule has 3 rings (SSSR count). The van der Waals surface area contributed by atoms with E-state index in [9.17, 15) is 0 Å². The van der Waals surface area contributed by atoms with Crippen molar-refractivity contribution in [3.05, 3.63) is 108 Å². The van der Waals surface area contributed by atoms with Crippen molar-refractivity contribution in [2.75, 3.05) is 7.11 Å². The summed E-state index contributed by atoms with van der Waals surface area (Å²) >= 11 is 0. The second-order valence-corrected chi connectivity index (χ2v) is 7.70. The topological polar surface area (TPSA) is 20.2 Å². The Hall–Kier alpha value is -2.38. The van der Waals surface area contributed by atoms with Crippen LogP contribution in [0.25, 0.3) is 0 Å². The van der Waals surface area contributed by atoms with Gasteiger partial charge in [0.05, 0.1) is 0 Å². The highest BCUT2D eigenvalue weighted by molar-refractivity contribution is 5.19. The molecule has 0 radical (unpaired) electrons. The van der Waals surface area contributed by atoms with Crippen LogP contribution >= 0.6 is 0 Å². The molecule has 0 fully saturated rings. The normalized spacial score (nSPS) is 8.56. The molecule has 0 saturated carbocycles. The maximum atomic E-state index is 7.00. The molecule has 0 aliphatic rings. The van der Waals surface area contributed by atoms with E-state index in [-0.39, 0.29) is 7.43 Å². The molecule has 0 aromatic heterocycles. The minimum absolute atomic E-state index is 0. The van der Waals surface area contributed by atoms with Crippen molar-refractivity contribution in [1.29, 1.82) is 0 Å². The lowest BCUT2D eigenvalue weighted by Crippen LogP contribution is -1.83. The Morgan fingerprint density at radius 1 is 0.382 bits per heavy atom. The number of hydrogen-bond donors (Lipinski definition) is 1. The highest BCUT2D eigenvalue weighted by atomic mass is 16.2. The molecule has 0 spiro atoms. The summed E-state index contributed by atoms with van der Waals surface area (Å²) in [6, 6.07) is 31.6. The van der Waals surface area contributed by atoms with Gasteiger partial charge in [-0.25, -0.2) is 0 Å². The molecule has 0 unspecified atom stereocenters. The molecule has 0 heterocycles. The molecule has 1 heteroatoms. The smallest absolute Gasteiger partial charge is 0.0319 e. The van der Waals surface area contributed by atoms with Crippen molar-refractivity contribution in [3.63, 3.8) is 0 Å². The van der Waals surface area contributed by atoms with E-state index >= 15 is 0 Å². The Morgan fingerprint density at radius 2 is 0.529 bits per heavy atom. The summed E-state index contributed by atoms with van der Waals surface area (Å²) in [6.45, 7) is 21.2. The Labute approximate surface area is 214 Å². The lowest BCUT2D eigenvalue weighted by molar-refractivity contribution is 0.399. The van der Waals surface area contributed by atoms with Crippen molar-refractivity contribution in [3.8, 4) is 0 Å². The van der Waals surface area contributed by atoms with Gasteiger partial charge >= 0.3 is 0 Å². The summed E-state index contributed by atoms with van der Waals surface area (Å²) in [5, 5.41) is 7.00. The SMILES string of the molecule is C.CC.CC.CC(C)c1ccccc1.CC(C)c1ccccc1.CC(C)c1ccccc1.CO. The molecular weight excluding hydrogens is 412 g/mol. The maximum Gasteiger partial charge on any atom is 0.0319 e. The van der Waals surface area contributed by atoms with Gasteiger partial charge in [-0.3, -0.25) is 0 Å². The third-order valence-corrected chi connectivity index (χ3v) is 4.40. The molecule has 194 valence electrons. The Balaban J connectivity index is -0.000000176. The van der Waals surface area contributed by atoms with Crippen LogP contribution in [-0.2, 0) is 0 Å². The third kappa shape index (κ3) is 21.5. The van der Waals surface area contributed by atoms with Gasteiger partial charge < -0.3 is 5.11 Å². The van der Waals surface area contributed by atoms with Crippen molar-refractivity contribution < 1.29 is 5.11 Å². The molecule has 34 heavy (non-hydrogen) atoms. The molecular formula is C33H56O. The van der Waals surface area contributed by atoms with Gasteiger partial charge in [0.25, 0.3) is 0 Å². The van der Waals surface area contributed by atoms with E-state index in [4.69, 9.17) is 5.11 Å². The van der Waals surface area contributed by atoms with E-state index < -0.39 is 0 Å². The van der Waals surface area contributed by atoms with Crippen LogP contribution in [0.3, 0.4) is 0 Å². The fourth-order valence-electron chi connectivity index (χ4n) is 2.51. The second kappa shape index (κ2) is 28.7. The largest absolute Gasteiger partial charge is 0.400 e. The van der Waals surface area contributed by atoms with Gasteiger partial charge in [0, 0.05) is 7.11 Å². The van der Waals surface area contributed by atoms with Gasteiger partial charge in [0.1, 0.15) is 0 Å². The summed E-state index contributed by atoms with van der Waals surface area (Å²) in [7, 11) is 1.00. The quantitative estimate of drug-likeness (QED) is 0.405. The third-order valence-electron chi connectivity index (χ3n) is 4.40. The minimum Gasteiger partial charge on any atom is -0.400 e. The zero-order valence-corrected chi connectivity index (χ0v) is 23.3. The van der Waals surface area contributed by atoms with Gasteiger partial charge in [0.15, 0.2) is 0 Å². The first kappa shape index (κ1) is 38.9. The first-order chi connectivity index (χ1) is 15.9. The van der Waals surface area contributed by atoms with Gasteiger partial charge in [-0.15, -0.1) is 0 Å². The van der Waals surface area contributed by atoms with Crippen LogP contribution in [0.5, 0.6) is 0 Å². The van der Waals surface area contributed by atoms with E-state index in [0.717, 1.165) is 7.11 Å².